The standard InChI is InChI=1S/C26H25F2N7O3S/c1-2-21(36)34-12-4-5-18(14-34)35-26-22(25(29)30-15-31-26)23(33-35)17-10-8-16(9-11-17)13-32-39(37,38)24-19(27)6-3-7-20(24)28/h2-3,6-11,15,18,32H,1,4-5,12-14H2,(H2,29,30,31). The van der Waals surface area contributed by atoms with Crippen molar-refractivity contribution in [3.63, 3.8) is 0 Å². The lowest BCUT2D eigenvalue weighted by Crippen LogP contribution is -2.40. The number of amides is 1. The van der Waals surface area contributed by atoms with Gasteiger partial charge in [0.25, 0.3) is 0 Å². The van der Waals surface area contributed by atoms with Crippen molar-refractivity contribution in [1.82, 2.24) is 29.4 Å². The normalized spacial score (nSPS) is 15.9. The number of nitrogens with one attached hydrogen (secondary N) is 1. The molecule has 39 heavy (non-hydrogen) atoms. The molecular weight excluding hydrogens is 528 g/mol. The Morgan fingerprint density at radius 2 is 1.87 bits per heavy atom. The van der Waals surface area contributed by atoms with Gasteiger partial charge in [-0.15, -0.1) is 0 Å². The minimum absolute atomic E-state index is 0.124. The summed E-state index contributed by atoms with van der Waals surface area (Å²) in [5.74, 6) is -2.24. The monoisotopic (exact) mass is 553 g/mol. The van der Waals surface area contributed by atoms with E-state index in [1.807, 2.05) is 0 Å². The van der Waals surface area contributed by atoms with Crippen LogP contribution in [0, 0.1) is 11.6 Å². The Morgan fingerprint density at radius 3 is 2.56 bits per heavy atom. The predicted octanol–water partition coefficient (Wildman–Crippen LogP) is 3.18. The zero-order valence-electron chi connectivity index (χ0n) is 20.7. The fourth-order valence-corrected chi connectivity index (χ4v) is 5.86. The van der Waals surface area contributed by atoms with E-state index in [9.17, 15) is 22.0 Å². The molecule has 1 fully saturated rings. The van der Waals surface area contributed by atoms with Gasteiger partial charge in [-0.1, -0.05) is 36.9 Å². The van der Waals surface area contributed by atoms with Crippen molar-refractivity contribution >= 4 is 32.8 Å². The molecule has 2 aromatic heterocycles. The summed E-state index contributed by atoms with van der Waals surface area (Å²) in [6, 6.07) is 9.55. The highest BCUT2D eigenvalue weighted by Gasteiger charge is 2.28. The van der Waals surface area contributed by atoms with Gasteiger partial charge >= 0.3 is 0 Å². The third kappa shape index (κ3) is 5.10. The van der Waals surface area contributed by atoms with E-state index < -0.39 is 26.6 Å². The minimum Gasteiger partial charge on any atom is -0.383 e. The van der Waals surface area contributed by atoms with E-state index in [1.165, 1.54) is 12.4 Å². The van der Waals surface area contributed by atoms with E-state index in [0.29, 0.717) is 40.9 Å². The minimum atomic E-state index is -4.42. The molecule has 1 aliphatic rings. The molecule has 1 atom stereocenters. The quantitative estimate of drug-likeness (QED) is 0.336. The van der Waals surface area contributed by atoms with Crippen molar-refractivity contribution in [2.45, 2.75) is 30.3 Å². The number of piperidine rings is 1. The van der Waals surface area contributed by atoms with Crippen LogP contribution in [0.1, 0.15) is 24.4 Å². The van der Waals surface area contributed by atoms with Crippen LogP contribution < -0.4 is 10.5 Å². The number of aromatic nitrogens is 4. The van der Waals surface area contributed by atoms with E-state index >= 15 is 0 Å². The molecule has 1 aliphatic heterocycles. The van der Waals surface area contributed by atoms with Crippen molar-refractivity contribution in [2.75, 3.05) is 18.8 Å². The third-order valence-electron chi connectivity index (χ3n) is 6.63. The largest absolute Gasteiger partial charge is 0.383 e. The van der Waals surface area contributed by atoms with Crippen molar-refractivity contribution in [3.05, 3.63) is 78.6 Å². The van der Waals surface area contributed by atoms with E-state index in [0.717, 1.165) is 31.0 Å². The van der Waals surface area contributed by atoms with Gasteiger partial charge < -0.3 is 10.6 Å². The molecule has 4 aromatic rings. The van der Waals surface area contributed by atoms with Crippen molar-refractivity contribution in [2.24, 2.45) is 0 Å². The summed E-state index contributed by atoms with van der Waals surface area (Å²) in [5.41, 5.74) is 8.53. The number of fused-ring (bicyclic) bond motifs is 1. The lowest BCUT2D eigenvalue weighted by molar-refractivity contribution is -0.127. The average molecular weight is 554 g/mol. The van der Waals surface area contributed by atoms with Crippen LogP contribution in [0.3, 0.4) is 0 Å². The maximum absolute atomic E-state index is 14.0. The van der Waals surface area contributed by atoms with E-state index in [-0.39, 0.29) is 24.3 Å². The first kappa shape index (κ1) is 26.4. The van der Waals surface area contributed by atoms with Crippen LogP contribution in [-0.2, 0) is 21.4 Å². The molecule has 1 unspecified atom stereocenters. The van der Waals surface area contributed by atoms with E-state index in [4.69, 9.17) is 10.8 Å². The third-order valence-corrected chi connectivity index (χ3v) is 8.08. The molecule has 0 spiro atoms. The van der Waals surface area contributed by atoms with Crippen molar-refractivity contribution in [1.29, 1.82) is 0 Å². The Labute approximate surface area is 223 Å². The first-order valence-corrected chi connectivity index (χ1v) is 13.6. The van der Waals surface area contributed by atoms with Gasteiger partial charge in [0.05, 0.1) is 11.4 Å². The molecule has 1 saturated heterocycles. The molecule has 3 heterocycles. The number of hydrogen-bond acceptors (Lipinski definition) is 7. The molecule has 0 saturated carbocycles. The number of hydrogen-bond donors (Lipinski definition) is 2. The smallest absolute Gasteiger partial charge is 0.246 e. The van der Waals surface area contributed by atoms with Crippen LogP contribution in [0.5, 0.6) is 0 Å². The Hall–Kier alpha value is -4.23. The van der Waals surface area contributed by atoms with Crippen molar-refractivity contribution < 1.29 is 22.0 Å². The fraction of sp³-hybridized carbons (Fsp3) is 0.231. The second kappa shape index (κ2) is 10.5. The molecule has 3 N–H and O–H groups in total. The summed E-state index contributed by atoms with van der Waals surface area (Å²) in [6.07, 6.45) is 4.25. The molecule has 0 aliphatic carbocycles. The van der Waals surface area contributed by atoms with Crippen molar-refractivity contribution in [3.8, 4) is 11.3 Å². The van der Waals surface area contributed by atoms with E-state index in [2.05, 4.69) is 21.3 Å². The number of halogens is 2. The van der Waals surface area contributed by atoms with Crippen LogP contribution in [0.25, 0.3) is 22.3 Å². The highest BCUT2D eigenvalue weighted by Crippen LogP contribution is 2.34. The summed E-state index contributed by atoms with van der Waals surface area (Å²) < 4.78 is 56.9. The first-order valence-electron chi connectivity index (χ1n) is 12.1. The summed E-state index contributed by atoms with van der Waals surface area (Å²) in [6.45, 7) is 4.47. The highest BCUT2D eigenvalue weighted by molar-refractivity contribution is 7.89. The number of carbonyl (C=O) groups is 1. The molecule has 0 bridgehead atoms. The Balaban J connectivity index is 1.42. The molecule has 1 amide bonds. The number of likely N-dealkylation sites (tertiary alicyclic amines) is 1. The van der Waals surface area contributed by atoms with Gasteiger partial charge in [-0.25, -0.2) is 36.6 Å². The lowest BCUT2D eigenvalue weighted by atomic mass is 10.1. The number of sulfonamides is 1. The molecule has 202 valence electrons. The van der Waals surface area contributed by atoms with Gasteiger partial charge in [-0.05, 0) is 36.6 Å². The van der Waals surface area contributed by atoms with Gasteiger partial charge in [0.1, 0.15) is 29.5 Å². The van der Waals surface area contributed by atoms with E-state index in [1.54, 1.807) is 33.8 Å². The van der Waals surface area contributed by atoms with Crippen LogP contribution in [-0.4, -0.2) is 52.1 Å². The van der Waals surface area contributed by atoms with Gasteiger partial charge in [0.15, 0.2) is 10.5 Å². The van der Waals surface area contributed by atoms with Gasteiger partial charge in [-0.2, -0.15) is 5.10 Å². The number of rotatable bonds is 7. The van der Waals surface area contributed by atoms with Gasteiger partial charge in [0, 0.05) is 25.2 Å². The first-order chi connectivity index (χ1) is 18.7. The molecular formula is C26H25F2N7O3S. The molecule has 10 nitrogen and oxygen atoms in total. The zero-order valence-corrected chi connectivity index (χ0v) is 21.5. The summed E-state index contributed by atoms with van der Waals surface area (Å²) in [4.78, 5) is 21.4. The Morgan fingerprint density at radius 1 is 1.15 bits per heavy atom. The summed E-state index contributed by atoms with van der Waals surface area (Å²) in [5, 5.41) is 5.38. The van der Waals surface area contributed by atoms with Crippen LogP contribution in [0.15, 0.2) is 66.3 Å². The maximum Gasteiger partial charge on any atom is 0.246 e. The number of carbonyl (C=O) groups excluding carboxylic acids is 1. The van der Waals surface area contributed by atoms with Gasteiger partial charge in [-0.3, -0.25) is 4.79 Å². The molecule has 0 radical (unpaired) electrons. The number of anilines is 1. The second-order valence-electron chi connectivity index (χ2n) is 9.11. The topological polar surface area (TPSA) is 136 Å². The van der Waals surface area contributed by atoms with Crippen LogP contribution >= 0.6 is 0 Å². The highest BCUT2D eigenvalue weighted by atomic mass is 32.2. The predicted molar refractivity (Wildman–Crippen MR) is 141 cm³/mol. The fourth-order valence-electron chi connectivity index (χ4n) is 4.71. The van der Waals surface area contributed by atoms with Crippen LogP contribution in [0.2, 0.25) is 0 Å². The molecule has 13 heteroatoms. The number of nitrogen functional groups attached to an aromatic ring is 1. The molecule has 5 rings (SSSR count). The average Bonchev–Trinajstić information content (AvgIpc) is 3.33. The van der Waals surface area contributed by atoms with Gasteiger partial charge in [0.2, 0.25) is 15.9 Å². The number of nitrogens with zero attached hydrogens (tertiary/aromatic N) is 5. The van der Waals surface area contributed by atoms with Crippen LogP contribution in [0.4, 0.5) is 14.6 Å². The Kier molecular flexibility index (Phi) is 7.10. The zero-order chi connectivity index (χ0) is 27.7. The number of benzene rings is 2. The lowest BCUT2D eigenvalue weighted by Gasteiger charge is -2.32. The Bertz CT molecular complexity index is 1650. The molecule has 2 aromatic carbocycles. The second-order valence-corrected chi connectivity index (χ2v) is 10.8. The maximum atomic E-state index is 14.0. The summed E-state index contributed by atoms with van der Waals surface area (Å²) >= 11 is 0. The SMILES string of the molecule is C=CC(=O)N1CCCC(n2nc(-c3ccc(CNS(=O)(=O)c4c(F)cccc4F)cc3)c3c(N)ncnc32)C1. The summed E-state index contributed by atoms with van der Waals surface area (Å²) in [7, 11) is -4.42. The number of nitrogens with two attached hydrogens (primary N) is 1.